The van der Waals surface area contributed by atoms with Gasteiger partial charge in [-0.3, -0.25) is 0 Å². The first-order valence-corrected chi connectivity index (χ1v) is 4.67. The van der Waals surface area contributed by atoms with Crippen LogP contribution in [0.4, 0.5) is 0 Å². The van der Waals surface area contributed by atoms with Crippen LogP contribution in [0.5, 0.6) is 0 Å². The van der Waals surface area contributed by atoms with E-state index in [1.165, 1.54) is 19.3 Å². The fourth-order valence-corrected chi connectivity index (χ4v) is 1.40. The van der Waals surface area contributed by atoms with E-state index in [2.05, 4.69) is 19.2 Å². The van der Waals surface area contributed by atoms with Crippen molar-refractivity contribution in [2.75, 3.05) is 6.54 Å². The van der Waals surface area contributed by atoms with Gasteiger partial charge in [0.15, 0.2) is 0 Å². The summed E-state index contributed by atoms with van der Waals surface area (Å²) in [5, 5.41) is 3.50. The second-order valence-corrected chi connectivity index (χ2v) is 4.07. The van der Waals surface area contributed by atoms with E-state index >= 15 is 0 Å². The SMILES string of the molecule is CC(C)CCNC1CC(N)C1. The van der Waals surface area contributed by atoms with E-state index in [4.69, 9.17) is 5.73 Å². The van der Waals surface area contributed by atoms with E-state index in [-0.39, 0.29) is 0 Å². The molecule has 0 amide bonds. The van der Waals surface area contributed by atoms with Crippen LogP contribution in [0.3, 0.4) is 0 Å². The average molecular weight is 156 g/mol. The molecule has 0 aromatic carbocycles. The fourth-order valence-electron chi connectivity index (χ4n) is 1.40. The topological polar surface area (TPSA) is 38.0 Å². The maximum absolute atomic E-state index is 5.66. The molecule has 0 aromatic heterocycles. The number of hydrogen-bond donors (Lipinski definition) is 2. The van der Waals surface area contributed by atoms with E-state index in [9.17, 15) is 0 Å². The van der Waals surface area contributed by atoms with Crippen LogP contribution in [-0.4, -0.2) is 18.6 Å². The van der Waals surface area contributed by atoms with Gasteiger partial charge in [-0.1, -0.05) is 13.8 Å². The summed E-state index contributed by atoms with van der Waals surface area (Å²) in [7, 11) is 0. The molecule has 3 N–H and O–H groups in total. The lowest BCUT2D eigenvalue weighted by Crippen LogP contribution is -2.48. The van der Waals surface area contributed by atoms with Crippen molar-refractivity contribution in [3.05, 3.63) is 0 Å². The second kappa shape index (κ2) is 4.07. The predicted octanol–water partition coefficient (Wildman–Crippen LogP) is 1.11. The zero-order chi connectivity index (χ0) is 8.27. The molecule has 0 atom stereocenters. The predicted molar refractivity (Wildman–Crippen MR) is 48.5 cm³/mol. The van der Waals surface area contributed by atoms with Crippen molar-refractivity contribution >= 4 is 0 Å². The van der Waals surface area contributed by atoms with Crippen LogP contribution < -0.4 is 11.1 Å². The lowest BCUT2D eigenvalue weighted by Gasteiger charge is -2.33. The van der Waals surface area contributed by atoms with Gasteiger partial charge < -0.3 is 11.1 Å². The van der Waals surface area contributed by atoms with Crippen molar-refractivity contribution in [2.45, 2.75) is 45.2 Å². The van der Waals surface area contributed by atoms with Crippen LogP contribution in [0.1, 0.15) is 33.1 Å². The van der Waals surface area contributed by atoms with Crippen molar-refractivity contribution in [2.24, 2.45) is 11.7 Å². The maximum Gasteiger partial charge on any atom is 0.00965 e. The van der Waals surface area contributed by atoms with Crippen molar-refractivity contribution in [1.29, 1.82) is 0 Å². The molecule has 0 saturated heterocycles. The molecule has 66 valence electrons. The minimum atomic E-state index is 0.478. The third-order valence-electron chi connectivity index (χ3n) is 2.33. The molecule has 0 unspecified atom stereocenters. The Kier molecular flexibility index (Phi) is 3.34. The highest BCUT2D eigenvalue weighted by atomic mass is 14.9. The van der Waals surface area contributed by atoms with Crippen molar-refractivity contribution in [1.82, 2.24) is 5.32 Å². The lowest BCUT2D eigenvalue weighted by atomic mass is 9.87. The molecule has 0 aliphatic heterocycles. The number of hydrogen-bond acceptors (Lipinski definition) is 2. The highest BCUT2D eigenvalue weighted by molar-refractivity contribution is 4.87. The molecule has 1 fully saturated rings. The Morgan fingerprint density at radius 3 is 2.55 bits per heavy atom. The fraction of sp³-hybridized carbons (Fsp3) is 1.00. The van der Waals surface area contributed by atoms with Gasteiger partial charge in [-0.2, -0.15) is 0 Å². The summed E-state index contributed by atoms with van der Waals surface area (Å²) in [4.78, 5) is 0. The van der Waals surface area contributed by atoms with Gasteiger partial charge in [0.05, 0.1) is 0 Å². The molecule has 0 radical (unpaired) electrons. The molecular formula is C9H20N2. The Bertz CT molecular complexity index is 106. The molecule has 1 rings (SSSR count). The van der Waals surface area contributed by atoms with Gasteiger partial charge in [-0.15, -0.1) is 0 Å². The molecule has 0 bridgehead atoms. The van der Waals surface area contributed by atoms with Gasteiger partial charge in [-0.05, 0) is 31.7 Å². The van der Waals surface area contributed by atoms with E-state index in [0.717, 1.165) is 18.5 Å². The molecule has 0 aromatic rings. The first kappa shape index (κ1) is 9.01. The van der Waals surface area contributed by atoms with Crippen LogP contribution in [0, 0.1) is 5.92 Å². The highest BCUT2D eigenvalue weighted by Gasteiger charge is 2.24. The second-order valence-electron chi connectivity index (χ2n) is 4.07. The largest absolute Gasteiger partial charge is 0.328 e. The number of nitrogens with two attached hydrogens (primary N) is 1. The quantitative estimate of drug-likeness (QED) is 0.640. The van der Waals surface area contributed by atoms with Crippen molar-refractivity contribution in [3.63, 3.8) is 0 Å². The van der Waals surface area contributed by atoms with Gasteiger partial charge in [0.1, 0.15) is 0 Å². The van der Waals surface area contributed by atoms with Crippen LogP contribution in [0.2, 0.25) is 0 Å². The van der Waals surface area contributed by atoms with E-state index in [1.54, 1.807) is 0 Å². The van der Waals surface area contributed by atoms with Gasteiger partial charge in [-0.25, -0.2) is 0 Å². The lowest BCUT2D eigenvalue weighted by molar-refractivity contribution is 0.287. The summed E-state index contributed by atoms with van der Waals surface area (Å²) < 4.78 is 0. The smallest absolute Gasteiger partial charge is 0.00965 e. The summed E-state index contributed by atoms with van der Waals surface area (Å²) in [6.07, 6.45) is 3.64. The van der Waals surface area contributed by atoms with Crippen LogP contribution in [0.15, 0.2) is 0 Å². The van der Waals surface area contributed by atoms with Crippen molar-refractivity contribution in [3.8, 4) is 0 Å². The summed E-state index contributed by atoms with van der Waals surface area (Å²) in [6.45, 7) is 5.68. The van der Waals surface area contributed by atoms with Crippen LogP contribution >= 0.6 is 0 Å². The highest BCUT2D eigenvalue weighted by Crippen LogP contribution is 2.17. The average Bonchev–Trinajstić information content (AvgIpc) is 1.83. The van der Waals surface area contributed by atoms with Crippen molar-refractivity contribution < 1.29 is 0 Å². The van der Waals surface area contributed by atoms with Crippen LogP contribution in [-0.2, 0) is 0 Å². The van der Waals surface area contributed by atoms with Gasteiger partial charge in [0, 0.05) is 12.1 Å². The molecule has 1 saturated carbocycles. The van der Waals surface area contributed by atoms with E-state index < -0.39 is 0 Å². The summed E-state index contributed by atoms with van der Waals surface area (Å²) in [5.41, 5.74) is 5.66. The summed E-state index contributed by atoms with van der Waals surface area (Å²) in [5.74, 6) is 0.816. The molecule has 2 heteroatoms. The van der Waals surface area contributed by atoms with Gasteiger partial charge >= 0.3 is 0 Å². The third-order valence-corrected chi connectivity index (χ3v) is 2.33. The first-order chi connectivity index (χ1) is 5.18. The van der Waals surface area contributed by atoms with Gasteiger partial charge in [0.2, 0.25) is 0 Å². The summed E-state index contributed by atoms with van der Waals surface area (Å²) in [6, 6.07) is 1.20. The van der Waals surface area contributed by atoms with E-state index in [0.29, 0.717) is 6.04 Å². The Morgan fingerprint density at radius 2 is 2.09 bits per heavy atom. The number of rotatable bonds is 4. The Labute approximate surface area is 69.5 Å². The van der Waals surface area contributed by atoms with Crippen LogP contribution in [0.25, 0.3) is 0 Å². The Hall–Kier alpha value is -0.0800. The maximum atomic E-state index is 5.66. The molecule has 1 aliphatic carbocycles. The monoisotopic (exact) mass is 156 g/mol. The van der Waals surface area contributed by atoms with Gasteiger partial charge in [0.25, 0.3) is 0 Å². The Balaban J connectivity index is 1.89. The zero-order valence-corrected chi connectivity index (χ0v) is 7.64. The molecule has 1 aliphatic rings. The minimum Gasteiger partial charge on any atom is -0.328 e. The summed E-state index contributed by atoms with van der Waals surface area (Å²) >= 11 is 0. The normalized spacial score (nSPS) is 30.5. The first-order valence-electron chi connectivity index (χ1n) is 4.67. The third kappa shape index (κ3) is 3.21. The van der Waals surface area contributed by atoms with E-state index in [1.807, 2.05) is 0 Å². The molecular weight excluding hydrogens is 136 g/mol. The Morgan fingerprint density at radius 1 is 1.45 bits per heavy atom. The molecule has 2 nitrogen and oxygen atoms in total. The standard InChI is InChI=1S/C9H20N2/c1-7(2)3-4-11-9-5-8(10)6-9/h7-9,11H,3-6,10H2,1-2H3. The molecule has 0 heterocycles. The molecule has 0 spiro atoms. The number of nitrogens with one attached hydrogen (secondary N) is 1. The zero-order valence-electron chi connectivity index (χ0n) is 7.64. The minimum absolute atomic E-state index is 0.478. The molecule has 11 heavy (non-hydrogen) atoms.